The lowest BCUT2D eigenvalue weighted by molar-refractivity contribution is 0.523. The zero-order chi connectivity index (χ0) is 14.1. The molecule has 0 aliphatic carbocycles. The van der Waals surface area contributed by atoms with Crippen LogP contribution in [0.25, 0.3) is 0 Å². The summed E-state index contributed by atoms with van der Waals surface area (Å²) in [5.74, 6) is 0.830. The summed E-state index contributed by atoms with van der Waals surface area (Å²) in [5.41, 5.74) is 7.21. The van der Waals surface area contributed by atoms with E-state index in [2.05, 4.69) is 24.1 Å². The summed E-state index contributed by atoms with van der Waals surface area (Å²) in [7, 11) is 0. The predicted molar refractivity (Wildman–Crippen MR) is 86.5 cm³/mol. The Morgan fingerprint density at radius 2 is 2.00 bits per heavy atom. The lowest BCUT2D eigenvalue weighted by Gasteiger charge is -2.07. The van der Waals surface area contributed by atoms with E-state index in [1.54, 1.807) is 6.20 Å². The molecule has 0 aliphatic heterocycles. The Hall–Kier alpha value is -1.16. The van der Waals surface area contributed by atoms with Crippen LogP contribution in [0.5, 0.6) is 0 Å². The monoisotopic (exact) mass is 279 g/mol. The molecular weight excluding hydrogens is 254 g/mol. The molecule has 4 heteroatoms. The Kier molecular flexibility index (Phi) is 7.41. The molecule has 0 amide bonds. The fraction of sp³-hybridized carbons (Fsp3) is 0.600. The quantitative estimate of drug-likeness (QED) is 0.534. The van der Waals surface area contributed by atoms with Gasteiger partial charge < -0.3 is 11.1 Å². The first-order chi connectivity index (χ1) is 9.09. The summed E-state index contributed by atoms with van der Waals surface area (Å²) in [5, 5.41) is 3.36. The first kappa shape index (κ1) is 15.9. The Morgan fingerprint density at radius 3 is 2.58 bits per heavy atom. The van der Waals surface area contributed by atoms with Gasteiger partial charge in [0, 0.05) is 6.54 Å². The molecule has 3 nitrogen and oxygen atoms in total. The van der Waals surface area contributed by atoms with E-state index in [-0.39, 0.29) is 0 Å². The highest BCUT2D eigenvalue weighted by Gasteiger charge is 1.98. The van der Waals surface area contributed by atoms with Crippen molar-refractivity contribution in [2.45, 2.75) is 46.0 Å². The van der Waals surface area contributed by atoms with Crippen molar-refractivity contribution >= 4 is 22.9 Å². The van der Waals surface area contributed by atoms with Crippen molar-refractivity contribution in [1.82, 2.24) is 4.98 Å². The maximum Gasteiger partial charge on any atom is 0.122 e. The number of hydrogen-bond acceptors (Lipinski definition) is 3. The standard InChI is InChI=1S/C15H25N3S/c1-12(2)7-5-3-4-6-10-17-13-8-9-14(15(16)19)18-11-13/h8-9,11-12,17H,3-7,10H2,1-2H3,(H2,16,19). The molecule has 19 heavy (non-hydrogen) atoms. The van der Waals surface area contributed by atoms with E-state index in [4.69, 9.17) is 18.0 Å². The molecule has 0 fully saturated rings. The molecule has 0 saturated carbocycles. The third kappa shape index (κ3) is 7.11. The van der Waals surface area contributed by atoms with Gasteiger partial charge in [0.05, 0.1) is 17.6 Å². The topological polar surface area (TPSA) is 50.9 Å². The van der Waals surface area contributed by atoms with Gasteiger partial charge in [0.1, 0.15) is 4.99 Å². The summed E-state index contributed by atoms with van der Waals surface area (Å²) < 4.78 is 0. The first-order valence-electron chi connectivity index (χ1n) is 7.09. The van der Waals surface area contributed by atoms with Crippen LogP contribution in [0.1, 0.15) is 51.6 Å². The number of rotatable bonds is 9. The van der Waals surface area contributed by atoms with Crippen LogP contribution >= 0.6 is 12.2 Å². The summed E-state index contributed by atoms with van der Waals surface area (Å²) in [4.78, 5) is 4.54. The fourth-order valence-electron chi connectivity index (χ4n) is 1.91. The number of anilines is 1. The molecule has 0 radical (unpaired) electrons. The van der Waals surface area contributed by atoms with Gasteiger partial charge in [0.15, 0.2) is 0 Å². The second-order valence-corrected chi connectivity index (χ2v) is 5.76. The van der Waals surface area contributed by atoms with E-state index in [0.717, 1.165) is 18.2 Å². The normalized spacial score (nSPS) is 10.7. The van der Waals surface area contributed by atoms with E-state index in [1.165, 1.54) is 32.1 Å². The van der Waals surface area contributed by atoms with Gasteiger partial charge in [0.2, 0.25) is 0 Å². The maximum atomic E-state index is 5.50. The van der Waals surface area contributed by atoms with Crippen LogP contribution in [0.2, 0.25) is 0 Å². The van der Waals surface area contributed by atoms with Gasteiger partial charge in [-0.2, -0.15) is 0 Å². The molecule has 1 aromatic heterocycles. The van der Waals surface area contributed by atoms with Crippen molar-refractivity contribution in [2.75, 3.05) is 11.9 Å². The molecular formula is C15H25N3S. The third-order valence-corrected chi connectivity index (χ3v) is 3.26. The zero-order valence-electron chi connectivity index (χ0n) is 12.0. The molecule has 3 N–H and O–H groups in total. The average molecular weight is 279 g/mol. The summed E-state index contributed by atoms with van der Waals surface area (Å²) in [6.45, 7) is 5.56. The van der Waals surface area contributed by atoms with Gasteiger partial charge in [-0.15, -0.1) is 0 Å². The van der Waals surface area contributed by atoms with Crippen LogP contribution in [0.3, 0.4) is 0 Å². The van der Waals surface area contributed by atoms with Gasteiger partial charge in [-0.05, 0) is 24.5 Å². The summed E-state index contributed by atoms with van der Waals surface area (Å²) in [6, 6.07) is 3.83. The Bertz CT molecular complexity index is 373. The molecule has 1 heterocycles. The lowest BCUT2D eigenvalue weighted by atomic mass is 10.0. The largest absolute Gasteiger partial charge is 0.388 e. The Morgan fingerprint density at radius 1 is 1.26 bits per heavy atom. The highest BCUT2D eigenvalue weighted by molar-refractivity contribution is 7.80. The molecule has 1 rings (SSSR count). The number of aromatic nitrogens is 1. The Labute approximate surface area is 122 Å². The van der Waals surface area contributed by atoms with Gasteiger partial charge >= 0.3 is 0 Å². The van der Waals surface area contributed by atoms with Crippen LogP contribution in [-0.4, -0.2) is 16.5 Å². The number of thiocarbonyl (C=S) groups is 1. The molecule has 0 saturated heterocycles. The third-order valence-electron chi connectivity index (χ3n) is 3.05. The number of pyridine rings is 1. The minimum absolute atomic E-state index is 0.344. The van der Waals surface area contributed by atoms with E-state index in [0.29, 0.717) is 10.7 Å². The van der Waals surface area contributed by atoms with Crippen molar-refractivity contribution in [3.05, 3.63) is 24.0 Å². The highest BCUT2D eigenvalue weighted by atomic mass is 32.1. The molecule has 0 bridgehead atoms. The van der Waals surface area contributed by atoms with E-state index < -0.39 is 0 Å². The molecule has 0 atom stereocenters. The molecule has 0 aliphatic rings. The average Bonchev–Trinajstić information content (AvgIpc) is 2.38. The van der Waals surface area contributed by atoms with Gasteiger partial charge in [0.25, 0.3) is 0 Å². The van der Waals surface area contributed by atoms with Crippen molar-refractivity contribution in [2.24, 2.45) is 11.7 Å². The molecule has 0 spiro atoms. The van der Waals surface area contributed by atoms with Crippen molar-refractivity contribution < 1.29 is 0 Å². The number of unbranched alkanes of at least 4 members (excludes halogenated alkanes) is 3. The number of nitrogens with zero attached hydrogens (tertiary/aromatic N) is 1. The SMILES string of the molecule is CC(C)CCCCCCNc1ccc(C(N)=S)nc1. The predicted octanol–water partition coefficient (Wildman–Crippen LogP) is 3.73. The van der Waals surface area contributed by atoms with E-state index in [9.17, 15) is 0 Å². The first-order valence-corrected chi connectivity index (χ1v) is 7.50. The minimum atomic E-state index is 0.344. The number of hydrogen-bond donors (Lipinski definition) is 2. The van der Waals surface area contributed by atoms with Crippen LogP contribution in [0.15, 0.2) is 18.3 Å². The molecule has 1 aromatic rings. The van der Waals surface area contributed by atoms with Gasteiger partial charge in [-0.25, -0.2) is 0 Å². The van der Waals surface area contributed by atoms with Gasteiger partial charge in [-0.1, -0.05) is 51.7 Å². The fourth-order valence-corrected chi connectivity index (χ4v) is 2.03. The highest BCUT2D eigenvalue weighted by Crippen LogP contribution is 2.10. The van der Waals surface area contributed by atoms with Crippen LogP contribution < -0.4 is 11.1 Å². The van der Waals surface area contributed by atoms with Crippen molar-refractivity contribution in [3.63, 3.8) is 0 Å². The second-order valence-electron chi connectivity index (χ2n) is 5.32. The number of nitrogens with two attached hydrogens (primary N) is 1. The molecule has 0 unspecified atom stereocenters. The van der Waals surface area contributed by atoms with Crippen LogP contribution in [0.4, 0.5) is 5.69 Å². The second kappa shape index (κ2) is 8.86. The van der Waals surface area contributed by atoms with E-state index >= 15 is 0 Å². The zero-order valence-corrected chi connectivity index (χ0v) is 12.8. The van der Waals surface area contributed by atoms with Crippen molar-refractivity contribution in [1.29, 1.82) is 0 Å². The lowest BCUT2D eigenvalue weighted by Crippen LogP contribution is -2.11. The van der Waals surface area contributed by atoms with Crippen LogP contribution in [0, 0.1) is 5.92 Å². The summed E-state index contributed by atoms with van der Waals surface area (Å²) >= 11 is 4.87. The maximum absolute atomic E-state index is 5.50. The van der Waals surface area contributed by atoms with Gasteiger partial charge in [-0.3, -0.25) is 4.98 Å². The molecule has 106 valence electrons. The number of nitrogens with one attached hydrogen (secondary N) is 1. The minimum Gasteiger partial charge on any atom is -0.388 e. The molecule has 0 aromatic carbocycles. The van der Waals surface area contributed by atoms with E-state index in [1.807, 2.05) is 12.1 Å². The van der Waals surface area contributed by atoms with Crippen LogP contribution in [-0.2, 0) is 0 Å². The smallest absolute Gasteiger partial charge is 0.122 e. The summed E-state index contributed by atoms with van der Waals surface area (Å²) in [6.07, 6.45) is 8.30. The Balaban J connectivity index is 2.11. The van der Waals surface area contributed by atoms with Crippen molar-refractivity contribution in [3.8, 4) is 0 Å².